The van der Waals surface area contributed by atoms with E-state index < -0.39 is 10.2 Å². The van der Waals surface area contributed by atoms with Crippen LogP contribution in [0.4, 0.5) is 5.69 Å². The molecule has 0 spiro atoms. The Morgan fingerprint density at radius 3 is 2.59 bits per heavy atom. The number of fused-ring (bicyclic) bond motifs is 1. The van der Waals surface area contributed by atoms with Crippen LogP contribution in [0.2, 0.25) is 4.34 Å². The highest BCUT2D eigenvalue weighted by Gasteiger charge is 2.51. The molecule has 3 aromatic rings. The lowest BCUT2D eigenvalue weighted by molar-refractivity contribution is 0.0936. The smallest absolute Gasteiger partial charge is 0.304 e. The molecular weight excluding hydrogens is 474 g/mol. The number of carbonyl (C=O) groups excluding carboxylic acids is 1. The third-order valence-electron chi connectivity index (χ3n) is 5.68. The normalized spacial score (nSPS) is 22.1. The fourth-order valence-electron chi connectivity index (χ4n) is 4.14. The van der Waals surface area contributed by atoms with Crippen molar-refractivity contribution >= 4 is 44.7 Å². The van der Waals surface area contributed by atoms with Gasteiger partial charge in [0.2, 0.25) is 0 Å². The third-order valence-corrected chi connectivity index (χ3v) is 8.87. The average molecular weight is 492 g/mol. The number of hydrogen-bond donors (Lipinski definition) is 1. The zero-order valence-corrected chi connectivity index (χ0v) is 19.0. The number of rotatable bonds is 4. The fourth-order valence-corrected chi connectivity index (χ4v) is 6.96. The van der Waals surface area contributed by atoms with Crippen molar-refractivity contribution in [3.05, 3.63) is 74.6 Å². The Hall–Kier alpha value is -2.73. The molecule has 0 aliphatic carbocycles. The second kappa shape index (κ2) is 8.00. The van der Waals surface area contributed by atoms with Gasteiger partial charge in [-0.25, -0.2) is 0 Å². The molecule has 2 fully saturated rings. The van der Waals surface area contributed by atoms with Gasteiger partial charge in [0.15, 0.2) is 0 Å². The van der Waals surface area contributed by atoms with Crippen LogP contribution < -0.4 is 15.2 Å². The summed E-state index contributed by atoms with van der Waals surface area (Å²) < 4.78 is 31.0. The van der Waals surface area contributed by atoms with Crippen molar-refractivity contribution in [2.45, 2.75) is 18.5 Å². The van der Waals surface area contributed by atoms with Crippen molar-refractivity contribution in [1.29, 1.82) is 0 Å². The van der Waals surface area contributed by atoms with Crippen LogP contribution >= 0.6 is 22.9 Å². The minimum atomic E-state index is -3.71. The Morgan fingerprint density at radius 2 is 1.91 bits per heavy atom. The van der Waals surface area contributed by atoms with Crippen LogP contribution in [0.5, 0.6) is 0 Å². The number of amides is 1. The van der Waals surface area contributed by atoms with Crippen molar-refractivity contribution in [2.24, 2.45) is 0 Å². The third kappa shape index (κ3) is 3.60. The summed E-state index contributed by atoms with van der Waals surface area (Å²) in [5.74, 6) is -0.253. The molecule has 2 aliphatic heterocycles. The minimum absolute atomic E-state index is 0.229. The summed E-state index contributed by atoms with van der Waals surface area (Å²) in [5, 5.41) is 2.96. The Labute approximate surface area is 193 Å². The van der Waals surface area contributed by atoms with E-state index >= 15 is 0 Å². The highest BCUT2D eigenvalue weighted by Crippen LogP contribution is 2.35. The Bertz CT molecular complexity index is 1340. The molecule has 1 N–H and O–H groups in total. The summed E-state index contributed by atoms with van der Waals surface area (Å²) in [7, 11) is -3.71. The van der Waals surface area contributed by atoms with Crippen molar-refractivity contribution in [1.82, 2.24) is 19.2 Å². The molecule has 2 atom stereocenters. The lowest BCUT2D eigenvalue weighted by Gasteiger charge is -2.20. The molecule has 1 amide bonds. The van der Waals surface area contributed by atoms with Gasteiger partial charge in [-0.05, 0) is 42.8 Å². The van der Waals surface area contributed by atoms with E-state index in [9.17, 15) is 18.0 Å². The molecule has 0 unspecified atom stereocenters. The summed E-state index contributed by atoms with van der Waals surface area (Å²) in [6, 6.07) is 9.38. The Kier molecular flexibility index (Phi) is 5.28. The number of nitrogens with one attached hydrogen (secondary N) is 1. The predicted octanol–water partition coefficient (Wildman–Crippen LogP) is 1.89. The van der Waals surface area contributed by atoms with E-state index in [1.165, 1.54) is 36.9 Å². The van der Waals surface area contributed by atoms with E-state index in [4.69, 9.17) is 11.6 Å². The molecule has 32 heavy (non-hydrogen) atoms. The van der Waals surface area contributed by atoms with Crippen LogP contribution in [0.25, 0.3) is 5.69 Å². The maximum Gasteiger partial charge on any atom is 0.304 e. The number of aromatic nitrogens is 2. The first-order valence-electron chi connectivity index (χ1n) is 9.83. The predicted molar refractivity (Wildman–Crippen MR) is 122 cm³/mol. The van der Waals surface area contributed by atoms with Crippen LogP contribution in [0.1, 0.15) is 16.1 Å². The summed E-state index contributed by atoms with van der Waals surface area (Å²) >= 11 is 7.10. The molecular formula is C20H18ClN5O4S2. The van der Waals surface area contributed by atoms with E-state index in [-0.39, 0.29) is 30.1 Å². The maximum atomic E-state index is 13.1. The van der Waals surface area contributed by atoms with E-state index in [0.717, 1.165) is 0 Å². The second-order valence-electron chi connectivity index (χ2n) is 7.49. The van der Waals surface area contributed by atoms with Crippen LogP contribution in [0.3, 0.4) is 0 Å². The van der Waals surface area contributed by atoms with Gasteiger partial charge < -0.3 is 5.32 Å². The zero-order valence-electron chi connectivity index (χ0n) is 16.6. The summed E-state index contributed by atoms with van der Waals surface area (Å²) in [5.41, 5.74) is 0.832. The lowest BCUT2D eigenvalue weighted by Crippen LogP contribution is -2.44. The number of thiophene rings is 1. The van der Waals surface area contributed by atoms with Crippen molar-refractivity contribution in [2.75, 3.05) is 17.4 Å². The highest BCUT2D eigenvalue weighted by molar-refractivity contribution is 7.90. The number of halogens is 1. The van der Waals surface area contributed by atoms with Crippen molar-refractivity contribution in [3.63, 3.8) is 0 Å². The monoisotopic (exact) mass is 491 g/mol. The van der Waals surface area contributed by atoms with Gasteiger partial charge in [0.25, 0.3) is 11.5 Å². The quantitative estimate of drug-likeness (QED) is 0.600. The van der Waals surface area contributed by atoms with E-state index in [1.54, 1.807) is 42.6 Å². The van der Waals surface area contributed by atoms with E-state index in [0.29, 0.717) is 33.6 Å². The second-order valence-corrected chi connectivity index (χ2v) is 11.0. The first-order valence-corrected chi connectivity index (χ1v) is 12.4. The minimum Gasteiger partial charge on any atom is -0.347 e. The van der Waals surface area contributed by atoms with Crippen molar-refractivity contribution in [3.8, 4) is 5.69 Å². The molecule has 5 rings (SSSR count). The molecule has 1 aromatic carbocycles. The average Bonchev–Trinajstić information content (AvgIpc) is 3.45. The van der Waals surface area contributed by atoms with Crippen LogP contribution in [-0.4, -0.2) is 53.4 Å². The van der Waals surface area contributed by atoms with Gasteiger partial charge in [-0.15, -0.1) is 11.3 Å². The molecule has 2 saturated heterocycles. The van der Waals surface area contributed by atoms with Gasteiger partial charge >= 0.3 is 10.2 Å². The number of nitrogens with zero attached hydrogens (tertiary/aromatic N) is 4. The number of carbonyl (C=O) groups is 1. The van der Waals surface area contributed by atoms with Crippen LogP contribution in [-0.2, 0) is 10.2 Å². The Balaban J connectivity index is 1.36. The summed E-state index contributed by atoms with van der Waals surface area (Å²) in [4.78, 5) is 28.8. The van der Waals surface area contributed by atoms with Gasteiger partial charge in [0, 0.05) is 30.7 Å². The molecule has 12 heteroatoms. The largest absolute Gasteiger partial charge is 0.347 e. The fraction of sp³-hybridized carbons (Fsp3) is 0.250. The molecule has 166 valence electrons. The summed E-state index contributed by atoms with van der Waals surface area (Å²) in [6.45, 7) is 0.567. The standard InChI is InChI=1S/C20H18ClN5O4S2/c21-18-6-5-17(31-18)20(28)23-15-7-9-25-16(15)12-26(32(25,29)30)14-3-1-13(2-4-14)24-10-8-22-11-19(24)27/h1-6,8,10-11,15-16H,7,9,12H2,(H,23,28)/t15-,16-/m1/s1. The molecule has 2 aromatic heterocycles. The van der Waals surface area contributed by atoms with Gasteiger partial charge in [-0.3, -0.25) is 23.4 Å². The Morgan fingerprint density at radius 1 is 1.16 bits per heavy atom. The van der Waals surface area contributed by atoms with Gasteiger partial charge in [-0.1, -0.05) is 11.6 Å². The molecule has 0 radical (unpaired) electrons. The zero-order chi connectivity index (χ0) is 22.5. The van der Waals surface area contributed by atoms with Gasteiger partial charge in [0.1, 0.15) is 0 Å². The number of anilines is 1. The SMILES string of the molecule is O=C(N[C@@H]1CCN2[C@@H]1CN(c1ccc(-n3ccncc3=O)cc1)S2(=O)=O)c1ccc(Cl)s1. The first-order chi connectivity index (χ1) is 15.3. The van der Waals surface area contributed by atoms with E-state index in [1.807, 2.05) is 0 Å². The molecule has 2 aliphatic rings. The number of hydrogen-bond acceptors (Lipinski definition) is 6. The molecule has 9 nitrogen and oxygen atoms in total. The maximum absolute atomic E-state index is 13.1. The van der Waals surface area contributed by atoms with Gasteiger partial charge in [-0.2, -0.15) is 12.7 Å². The molecule has 0 saturated carbocycles. The van der Waals surface area contributed by atoms with Gasteiger partial charge in [0.05, 0.1) is 33.7 Å². The highest BCUT2D eigenvalue weighted by atomic mass is 35.5. The molecule has 4 heterocycles. The summed E-state index contributed by atoms with van der Waals surface area (Å²) in [6.07, 6.45) is 4.82. The van der Waals surface area contributed by atoms with Crippen molar-refractivity contribution < 1.29 is 13.2 Å². The van der Waals surface area contributed by atoms with Crippen LogP contribution in [0.15, 0.2) is 59.8 Å². The lowest BCUT2D eigenvalue weighted by atomic mass is 10.1. The molecule has 0 bridgehead atoms. The van der Waals surface area contributed by atoms with Crippen LogP contribution in [0, 0.1) is 0 Å². The van der Waals surface area contributed by atoms with E-state index in [2.05, 4.69) is 10.3 Å². The number of benzene rings is 1. The first kappa shape index (κ1) is 21.1. The topological polar surface area (TPSA) is 105 Å².